The number of hydrogen-bond acceptors (Lipinski definition) is 6. The molecule has 0 fully saturated rings. The molecule has 0 bridgehead atoms. The molecule has 0 aliphatic carbocycles. The summed E-state index contributed by atoms with van der Waals surface area (Å²) in [5.41, 5.74) is 0.500. The minimum Gasteiger partial charge on any atom is -0.382 e. The number of benzene rings is 1. The number of carbonyl (C=O) groups is 1. The Hall–Kier alpha value is -2.19. The van der Waals surface area contributed by atoms with Gasteiger partial charge in [-0.25, -0.2) is 0 Å². The molecule has 0 aromatic heterocycles. The normalized spacial score (nSPS) is 11.8. The number of rotatable bonds is 8. The van der Waals surface area contributed by atoms with Gasteiger partial charge in [0, 0.05) is 39.4 Å². The quantitative estimate of drug-likeness (QED) is 0.548. The molecule has 0 aliphatic heterocycles. The smallest absolute Gasteiger partial charge is 0.292 e. The molecule has 116 valence electrons. The number of nitro groups is 1. The van der Waals surface area contributed by atoms with Crippen molar-refractivity contribution in [1.82, 2.24) is 5.32 Å². The van der Waals surface area contributed by atoms with Crippen LogP contribution in [0.15, 0.2) is 18.2 Å². The van der Waals surface area contributed by atoms with Crippen LogP contribution >= 0.6 is 0 Å². The fourth-order valence-electron chi connectivity index (χ4n) is 1.74. The predicted octanol–water partition coefficient (Wildman–Crippen LogP) is 1.03. The van der Waals surface area contributed by atoms with Crippen molar-refractivity contribution in [3.63, 3.8) is 0 Å². The van der Waals surface area contributed by atoms with Crippen LogP contribution in [-0.4, -0.2) is 51.4 Å². The predicted molar refractivity (Wildman–Crippen MR) is 77.6 cm³/mol. The molecule has 0 radical (unpaired) electrons. The molecule has 0 aliphatic rings. The summed E-state index contributed by atoms with van der Waals surface area (Å²) in [6.07, 6.45) is -0.252. The average molecular weight is 297 g/mol. The molecule has 1 amide bonds. The SMILES string of the molecule is CNC(=O)c1ccc([N+](=O)[O-])c(NCC(COC)OC)c1. The highest BCUT2D eigenvalue weighted by Crippen LogP contribution is 2.25. The average Bonchev–Trinajstić information content (AvgIpc) is 2.50. The van der Waals surface area contributed by atoms with E-state index in [4.69, 9.17) is 9.47 Å². The Morgan fingerprint density at radius 1 is 1.43 bits per heavy atom. The lowest BCUT2D eigenvalue weighted by Gasteiger charge is -2.16. The largest absolute Gasteiger partial charge is 0.382 e. The number of amides is 1. The van der Waals surface area contributed by atoms with Crippen molar-refractivity contribution in [3.8, 4) is 0 Å². The maximum atomic E-state index is 11.6. The van der Waals surface area contributed by atoms with Gasteiger partial charge in [0.1, 0.15) is 5.69 Å². The molecule has 0 saturated carbocycles. The molecule has 21 heavy (non-hydrogen) atoms. The number of nitrogens with one attached hydrogen (secondary N) is 2. The standard InChI is InChI=1S/C13H19N3O5/c1-14-13(17)9-4-5-12(16(18)19)11(6-9)15-7-10(21-3)8-20-2/h4-6,10,15H,7-8H2,1-3H3,(H,14,17). The van der Waals surface area contributed by atoms with Crippen molar-refractivity contribution in [2.45, 2.75) is 6.10 Å². The first kappa shape index (κ1) is 16.9. The fraction of sp³-hybridized carbons (Fsp3) is 0.462. The van der Waals surface area contributed by atoms with Gasteiger partial charge in [0.25, 0.3) is 11.6 Å². The number of methoxy groups -OCH3 is 2. The summed E-state index contributed by atoms with van der Waals surface area (Å²) in [6, 6.07) is 4.15. The van der Waals surface area contributed by atoms with E-state index in [0.29, 0.717) is 18.7 Å². The Balaban J connectivity index is 2.95. The first-order chi connectivity index (χ1) is 10.0. The zero-order chi connectivity index (χ0) is 15.8. The van der Waals surface area contributed by atoms with Crippen molar-refractivity contribution < 1.29 is 19.2 Å². The van der Waals surface area contributed by atoms with Gasteiger partial charge in [-0.1, -0.05) is 0 Å². The number of anilines is 1. The third-order valence-corrected chi connectivity index (χ3v) is 2.89. The molecule has 1 aromatic carbocycles. The molecule has 2 N–H and O–H groups in total. The van der Waals surface area contributed by atoms with Gasteiger partial charge in [-0.2, -0.15) is 0 Å². The number of ether oxygens (including phenoxy) is 2. The summed E-state index contributed by atoms with van der Waals surface area (Å²) in [7, 11) is 4.57. The van der Waals surface area contributed by atoms with E-state index in [0.717, 1.165) is 0 Å². The van der Waals surface area contributed by atoms with Crippen LogP contribution in [0.25, 0.3) is 0 Å². The van der Waals surface area contributed by atoms with Crippen LogP contribution < -0.4 is 10.6 Å². The molecule has 0 saturated heterocycles. The monoisotopic (exact) mass is 297 g/mol. The Morgan fingerprint density at radius 3 is 2.67 bits per heavy atom. The maximum Gasteiger partial charge on any atom is 0.292 e. The van der Waals surface area contributed by atoms with Gasteiger partial charge in [-0.05, 0) is 12.1 Å². The molecular weight excluding hydrogens is 278 g/mol. The highest BCUT2D eigenvalue weighted by molar-refractivity contribution is 5.95. The van der Waals surface area contributed by atoms with E-state index in [1.54, 1.807) is 7.11 Å². The lowest BCUT2D eigenvalue weighted by molar-refractivity contribution is -0.384. The van der Waals surface area contributed by atoms with Crippen LogP contribution in [0.4, 0.5) is 11.4 Å². The number of nitrogens with zero attached hydrogens (tertiary/aromatic N) is 1. The second kappa shape index (κ2) is 8.18. The van der Waals surface area contributed by atoms with Crippen LogP contribution in [-0.2, 0) is 9.47 Å². The van der Waals surface area contributed by atoms with Crippen LogP contribution in [0.1, 0.15) is 10.4 Å². The Labute approximate surface area is 122 Å². The van der Waals surface area contributed by atoms with Gasteiger partial charge in [0.05, 0.1) is 17.6 Å². The third kappa shape index (κ3) is 4.69. The second-order valence-electron chi connectivity index (χ2n) is 4.26. The van der Waals surface area contributed by atoms with Crippen LogP contribution in [0.3, 0.4) is 0 Å². The van der Waals surface area contributed by atoms with E-state index in [1.807, 2.05) is 0 Å². The number of carbonyl (C=O) groups excluding carboxylic acids is 1. The van der Waals surface area contributed by atoms with E-state index < -0.39 is 4.92 Å². The molecule has 8 nitrogen and oxygen atoms in total. The van der Waals surface area contributed by atoms with Crippen molar-refractivity contribution in [1.29, 1.82) is 0 Å². The van der Waals surface area contributed by atoms with Crippen molar-refractivity contribution >= 4 is 17.3 Å². The topological polar surface area (TPSA) is 103 Å². The molecular formula is C13H19N3O5. The third-order valence-electron chi connectivity index (χ3n) is 2.89. The number of nitro benzene ring substituents is 1. The lowest BCUT2D eigenvalue weighted by Crippen LogP contribution is -2.27. The molecule has 8 heteroatoms. The van der Waals surface area contributed by atoms with Crippen molar-refractivity contribution in [2.24, 2.45) is 0 Å². The summed E-state index contributed by atoms with van der Waals surface area (Å²) >= 11 is 0. The van der Waals surface area contributed by atoms with Gasteiger partial charge in [0.15, 0.2) is 0 Å². The van der Waals surface area contributed by atoms with Crippen LogP contribution in [0.5, 0.6) is 0 Å². The second-order valence-corrected chi connectivity index (χ2v) is 4.26. The first-order valence-electron chi connectivity index (χ1n) is 6.29. The van der Waals surface area contributed by atoms with E-state index in [-0.39, 0.29) is 23.4 Å². The highest BCUT2D eigenvalue weighted by atomic mass is 16.6. The summed E-state index contributed by atoms with van der Waals surface area (Å²) < 4.78 is 10.2. The zero-order valence-corrected chi connectivity index (χ0v) is 12.2. The first-order valence-corrected chi connectivity index (χ1v) is 6.29. The molecule has 0 heterocycles. The van der Waals surface area contributed by atoms with Gasteiger partial charge in [-0.15, -0.1) is 0 Å². The highest BCUT2D eigenvalue weighted by Gasteiger charge is 2.17. The Bertz CT molecular complexity index is 507. The van der Waals surface area contributed by atoms with Crippen LogP contribution in [0.2, 0.25) is 0 Å². The zero-order valence-electron chi connectivity index (χ0n) is 12.2. The summed E-state index contributed by atoms with van der Waals surface area (Å²) in [6.45, 7) is 0.675. The lowest BCUT2D eigenvalue weighted by atomic mass is 10.1. The molecule has 1 rings (SSSR count). The summed E-state index contributed by atoms with van der Waals surface area (Å²) in [5.74, 6) is -0.312. The van der Waals surface area contributed by atoms with E-state index in [2.05, 4.69) is 10.6 Å². The fourth-order valence-corrected chi connectivity index (χ4v) is 1.74. The molecule has 1 aromatic rings. The minimum absolute atomic E-state index is 0.102. The van der Waals surface area contributed by atoms with E-state index in [9.17, 15) is 14.9 Å². The van der Waals surface area contributed by atoms with Gasteiger partial charge in [-0.3, -0.25) is 14.9 Å². The molecule has 0 spiro atoms. The molecule has 1 atom stereocenters. The Kier molecular flexibility index (Phi) is 6.57. The minimum atomic E-state index is -0.506. The summed E-state index contributed by atoms with van der Waals surface area (Å²) in [5, 5.41) is 16.4. The van der Waals surface area contributed by atoms with Gasteiger partial charge < -0.3 is 20.1 Å². The van der Waals surface area contributed by atoms with E-state index >= 15 is 0 Å². The Morgan fingerprint density at radius 2 is 2.14 bits per heavy atom. The molecule has 1 unspecified atom stereocenters. The summed E-state index contributed by atoms with van der Waals surface area (Å²) in [4.78, 5) is 22.1. The van der Waals surface area contributed by atoms with Gasteiger partial charge >= 0.3 is 0 Å². The van der Waals surface area contributed by atoms with Gasteiger partial charge in [0.2, 0.25) is 0 Å². The van der Waals surface area contributed by atoms with Crippen molar-refractivity contribution in [3.05, 3.63) is 33.9 Å². The van der Waals surface area contributed by atoms with Crippen molar-refractivity contribution in [2.75, 3.05) is 39.7 Å². The van der Waals surface area contributed by atoms with Crippen LogP contribution in [0, 0.1) is 10.1 Å². The maximum absolute atomic E-state index is 11.6. The number of hydrogen-bond donors (Lipinski definition) is 2. The van der Waals surface area contributed by atoms with E-state index in [1.165, 1.54) is 32.4 Å².